The lowest BCUT2D eigenvalue weighted by Gasteiger charge is -2.16. The van der Waals surface area contributed by atoms with Crippen LogP contribution in [-0.4, -0.2) is 0 Å². The van der Waals surface area contributed by atoms with E-state index in [1.165, 1.54) is 22.5 Å². The molecule has 0 radical (unpaired) electrons. The van der Waals surface area contributed by atoms with E-state index in [0.717, 1.165) is 0 Å². The van der Waals surface area contributed by atoms with E-state index in [9.17, 15) is 0 Å². The van der Waals surface area contributed by atoms with Crippen molar-refractivity contribution >= 4 is 11.8 Å². The molecule has 1 aliphatic heterocycles. The van der Waals surface area contributed by atoms with E-state index in [4.69, 9.17) is 0 Å². The molecule has 0 spiro atoms. The van der Waals surface area contributed by atoms with Gasteiger partial charge in [-0.1, -0.05) is 48.6 Å². The fourth-order valence-corrected chi connectivity index (χ4v) is 1.84. The molecule has 0 saturated carbocycles. The molecule has 0 saturated heterocycles. The summed E-state index contributed by atoms with van der Waals surface area (Å²) in [6.45, 7) is 0. The minimum absolute atomic E-state index is 1.17. The third-order valence-corrected chi connectivity index (χ3v) is 2.63. The molecule has 1 heteroatoms. The molecule has 3 rings (SSSR count). The Labute approximate surface area is 89.1 Å². The van der Waals surface area contributed by atoms with Gasteiger partial charge in [0.1, 0.15) is 0 Å². The first-order valence-electron chi connectivity index (χ1n) is 5.07. The number of hydrogen-bond donors (Lipinski definition) is 1. The predicted molar refractivity (Wildman–Crippen MR) is 64.4 cm³/mol. The van der Waals surface area contributed by atoms with Crippen LogP contribution < -0.4 is 5.32 Å². The molecule has 1 aliphatic carbocycles. The summed E-state index contributed by atoms with van der Waals surface area (Å²) in [6, 6.07) is 8.31. The Bertz CT molecular complexity index is 502. The van der Waals surface area contributed by atoms with Crippen LogP contribution in [0.4, 0.5) is 5.69 Å². The van der Waals surface area contributed by atoms with Crippen LogP contribution in [0, 0.1) is 0 Å². The van der Waals surface area contributed by atoms with E-state index in [-0.39, 0.29) is 0 Å². The average molecular weight is 193 g/mol. The normalized spacial score (nSPS) is 16.8. The first kappa shape index (κ1) is 8.30. The summed E-state index contributed by atoms with van der Waals surface area (Å²) in [5.74, 6) is 0. The number of fused-ring (bicyclic) bond motifs is 1. The van der Waals surface area contributed by atoms with Gasteiger partial charge in [0.15, 0.2) is 0 Å². The second kappa shape index (κ2) is 3.28. The van der Waals surface area contributed by atoms with Crippen LogP contribution in [-0.2, 0) is 0 Å². The molecule has 0 bridgehead atoms. The third-order valence-electron chi connectivity index (χ3n) is 2.63. The molecule has 1 aromatic carbocycles. The highest BCUT2D eigenvalue weighted by molar-refractivity contribution is 5.76. The van der Waals surface area contributed by atoms with Crippen molar-refractivity contribution in [2.24, 2.45) is 0 Å². The lowest BCUT2D eigenvalue weighted by molar-refractivity contribution is 1.40. The summed E-state index contributed by atoms with van der Waals surface area (Å²) in [6.07, 6.45) is 12.6. The largest absolute Gasteiger partial charge is 0.355 e. The lowest BCUT2D eigenvalue weighted by atomic mass is 10.1. The van der Waals surface area contributed by atoms with E-state index >= 15 is 0 Å². The van der Waals surface area contributed by atoms with Crippen molar-refractivity contribution < 1.29 is 0 Å². The predicted octanol–water partition coefficient (Wildman–Crippen LogP) is 3.51. The topological polar surface area (TPSA) is 12.0 Å². The van der Waals surface area contributed by atoms with Gasteiger partial charge in [-0.2, -0.15) is 0 Å². The van der Waals surface area contributed by atoms with Crippen molar-refractivity contribution in [3.05, 3.63) is 71.5 Å². The first-order chi connectivity index (χ1) is 7.43. The van der Waals surface area contributed by atoms with Crippen molar-refractivity contribution in [3.63, 3.8) is 0 Å². The monoisotopic (exact) mass is 193 g/mol. The van der Waals surface area contributed by atoms with Gasteiger partial charge in [-0.05, 0) is 23.3 Å². The zero-order chi connectivity index (χ0) is 10.1. The molecule has 0 unspecified atom stereocenters. The summed E-state index contributed by atoms with van der Waals surface area (Å²) >= 11 is 0. The molecule has 0 aromatic heterocycles. The molecule has 0 amide bonds. The van der Waals surface area contributed by atoms with Gasteiger partial charge in [0.05, 0.1) is 0 Å². The number of nitrogens with one attached hydrogen (secondary N) is 1. The summed E-state index contributed by atoms with van der Waals surface area (Å²) in [5.41, 5.74) is 4.82. The average Bonchev–Trinajstić information content (AvgIpc) is 2.82. The van der Waals surface area contributed by atoms with Crippen molar-refractivity contribution in [1.29, 1.82) is 0 Å². The minimum Gasteiger partial charge on any atom is -0.355 e. The zero-order valence-electron chi connectivity index (χ0n) is 8.27. The van der Waals surface area contributed by atoms with Crippen molar-refractivity contribution in [3.8, 4) is 0 Å². The number of allylic oxidation sites excluding steroid dienone is 6. The number of benzene rings is 1. The van der Waals surface area contributed by atoms with Gasteiger partial charge < -0.3 is 5.32 Å². The fraction of sp³-hybridized carbons (Fsp3) is 0. The van der Waals surface area contributed by atoms with E-state index in [1.807, 2.05) is 6.07 Å². The van der Waals surface area contributed by atoms with Crippen LogP contribution in [0.1, 0.15) is 5.56 Å². The molecule has 15 heavy (non-hydrogen) atoms. The van der Waals surface area contributed by atoms with Crippen molar-refractivity contribution in [2.75, 3.05) is 5.32 Å². The Kier molecular flexibility index (Phi) is 1.82. The molecule has 1 heterocycles. The summed E-state index contributed by atoms with van der Waals surface area (Å²) in [5, 5.41) is 3.43. The molecule has 0 fully saturated rings. The molecule has 1 N–H and O–H groups in total. The van der Waals surface area contributed by atoms with Crippen LogP contribution in [0.15, 0.2) is 65.9 Å². The molecular formula is C14H11N. The highest BCUT2D eigenvalue weighted by Gasteiger charge is 2.08. The molecule has 1 aromatic rings. The van der Waals surface area contributed by atoms with Crippen molar-refractivity contribution in [1.82, 2.24) is 0 Å². The number of anilines is 1. The summed E-state index contributed by atoms with van der Waals surface area (Å²) in [7, 11) is 0. The van der Waals surface area contributed by atoms with Crippen LogP contribution in [0.2, 0.25) is 0 Å². The fourth-order valence-electron chi connectivity index (χ4n) is 1.84. The van der Waals surface area contributed by atoms with E-state index in [2.05, 4.69) is 60.0 Å². The van der Waals surface area contributed by atoms with Crippen LogP contribution in [0.3, 0.4) is 0 Å². The van der Waals surface area contributed by atoms with Gasteiger partial charge >= 0.3 is 0 Å². The molecular weight excluding hydrogens is 182 g/mol. The third kappa shape index (κ3) is 1.42. The van der Waals surface area contributed by atoms with Crippen LogP contribution in [0.25, 0.3) is 6.08 Å². The molecule has 1 nitrogen and oxygen atoms in total. The Morgan fingerprint density at radius 2 is 1.60 bits per heavy atom. The summed E-state index contributed by atoms with van der Waals surface area (Å²) < 4.78 is 0. The SMILES string of the molecule is C1=CC(=C2C=Cc3ccccc3N2)C=C1. The van der Waals surface area contributed by atoms with E-state index in [1.54, 1.807) is 0 Å². The Balaban J connectivity index is 2.06. The smallest absolute Gasteiger partial charge is 0.0458 e. The van der Waals surface area contributed by atoms with Crippen LogP contribution in [0.5, 0.6) is 0 Å². The Hall–Kier alpha value is -2.02. The number of hydrogen-bond acceptors (Lipinski definition) is 1. The van der Waals surface area contributed by atoms with Gasteiger partial charge in [-0.3, -0.25) is 0 Å². The van der Waals surface area contributed by atoms with Crippen molar-refractivity contribution in [2.45, 2.75) is 0 Å². The highest BCUT2D eigenvalue weighted by atomic mass is 14.9. The number of para-hydroxylation sites is 1. The summed E-state index contributed by atoms with van der Waals surface area (Å²) in [4.78, 5) is 0. The first-order valence-corrected chi connectivity index (χ1v) is 5.07. The zero-order valence-corrected chi connectivity index (χ0v) is 8.27. The standard InChI is InChI=1S/C14H11N/c1-2-6-11(5-1)14-10-9-12-7-3-4-8-13(12)15-14/h1-10,15H. The van der Waals surface area contributed by atoms with Gasteiger partial charge in [-0.15, -0.1) is 0 Å². The molecule has 2 aliphatic rings. The van der Waals surface area contributed by atoms with Gasteiger partial charge in [0.2, 0.25) is 0 Å². The number of rotatable bonds is 0. The second-order valence-electron chi connectivity index (χ2n) is 3.63. The van der Waals surface area contributed by atoms with Crippen LogP contribution >= 0.6 is 0 Å². The maximum absolute atomic E-state index is 3.43. The highest BCUT2D eigenvalue weighted by Crippen LogP contribution is 2.26. The van der Waals surface area contributed by atoms with E-state index in [0.29, 0.717) is 0 Å². The quantitative estimate of drug-likeness (QED) is 0.665. The van der Waals surface area contributed by atoms with Gasteiger partial charge in [0, 0.05) is 11.4 Å². The Morgan fingerprint density at radius 1 is 0.800 bits per heavy atom. The van der Waals surface area contributed by atoms with Gasteiger partial charge in [0.25, 0.3) is 0 Å². The Morgan fingerprint density at radius 3 is 2.47 bits per heavy atom. The molecule has 72 valence electrons. The van der Waals surface area contributed by atoms with E-state index < -0.39 is 0 Å². The lowest BCUT2D eigenvalue weighted by Crippen LogP contribution is -2.04. The van der Waals surface area contributed by atoms with Gasteiger partial charge in [-0.25, -0.2) is 0 Å². The minimum atomic E-state index is 1.17. The molecule has 0 atom stereocenters. The maximum Gasteiger partial charge on any atom is 0.0458 e. The maximum atomic E-state index is 3.43. The second-order valence-corrected chi connectivity index (χ2v) is 3.63.